The zero-order chi connectivity index (χ0) is 22.7. The maximum atomic E-state index is 13.2. The van der Waals surface area contributed by atoms with Crippen molar-refractivity contribution in [2.75, 3.05) is 29.1 Å². The van der Waals surface area contributed by atoms with Crippen LogP contribution in [-0.2, 0) is 24.2 Å². The van der Waals surface area contributed by atoms with Gasteiger partial charge in [0.25, 0.3) is 0 Å². The summed E-state index contributed by atoms with van der Waals surface area (Å²) in [7, 11) is 0. The normalized spacial score (nSPS) is 12.7. The van der Waals surface area contributed by atoms with Gasteiger partial charge in [-0.15, -0.1) is 0 Å². The van der Waals surface area contributed by atoms with Gasteiger partial charge in [-0.2, -0.15) is 4.57 Å². The van der Waals surface area contributed by atoms with Gasteiger partial charge in [-0.3, -0.25) is 4.79 Å². The fraction of sp³-hybridized carbons (Fsp3) is 0.375. The van der Waals surface area contributed by atoms with E-state index in [1.807, 2.05) is 24.3 Å². The van der Waals surface area contributed by atoms with E-state index in [1.165, 1.54) is 22.2 Å². The summed E-state index contributed by atoms with van der Waals surface area (Å²) >= 11 is 3.02. The number of aromatic nitrogens is 2. The number of nitrogens with one attached hydrogen (secondary N) is 2. The van der Waals surface area contributed by atoms with Crippen molar-refractivity contribution in [1.29, 1.82) is 0 Å². The Labute approximate surface area is 196 Å². The number of anilines is 2. The minimum atomic E-state index is -0.106. The van der Waals surface area contributed by atoms with Crippen molar-refractivity contribution < 1.29 is 9.78 Å². The summed E-state index contributed by atoms with van der Waals surface area (Å²) in [5.74, 6) is 0.104. The van der Waals surface area contributed by atoms with Crippen molar-refractivity contribution in [3.05, 3.63) is 57.7 Å². The molecule has 0 radical (unpaired) electrons. The number of aromatic amines is 1. The average Bonchev–Trinajstić information content (AvgIpc) is 3.37. The summed E-state index contributed by atoms with van der Waals surface area (Å²) in [6.45, 7) is 10.3. The molecule has 0 unspecified atom stereocenters. The molecule has 0 atom stereocenters. The van der Waals surface area contributed by atoms with E-state index < -0.39 is 0 Å². The van der Waals surface area contributed by atoms with Crippen LogP contribution in [-0.4, -0.2) is 29.3 Å². The summed E-state index contributed by atoms with van der Waals surface area (Å²) in [5.41, 5.74) is 3.12. The zero-order valence-electron chi connectivity index (χ0n) is 18.6. The summed E-state index contributed by atoms with van der Waals surface area (Å²) in [4.78, 5) is 33.7. The summed E-state index contributed by atoms with van der Waals surface area (Å²) in [6.07, 6.45) is 4.84. The number of hydrogen-bond acceptors (Lipinski definition) is 5. The Morgan fingerprint density at radius 2 is 2.03 bits per heavy atom. The predicted molar refractivity (Wildman–Crippen MR) is 134 cm³/mol. The maximum Gasteiger partial charge on any atom is 0.347 e. The molecule has 2 aromatic heterocycles. The largest absolute Gasteiger partial charge is 0.372 e. The Morgan fingerprint density at radius 3 is 2.72 bits per heavy atom. The number of carbonyl (C=O) groups is 1. The third kappa shape index (κ3) is 4.47. The lowest BCUT2D eigenvalue weighted by atomic mass is 10.2. The van der Waals surface area contributed by atoms with Crippen LogP contribution in [0.5, 0.6) is 0 Å². The summed E-state index contributed by atoms with van der Waals surface area (Å²) in [6, 6.07) is 7.90. The number of benzene rings is 1. The number of hydrogen-bond donors (Lipinski definition) is 1. The highest BCUT2D eigenvalue weighted by atomic mass is 32.2. The first-order chi connectivity index (χ1) is 15.5. The first kappa shape index (κ1) is 22.6. The Hall–Kier alpha value is -2.58. The number of aryl methyl sites for hydroxylation is 2. The van der Waals surface area contributed by atoms with Gasteiger partial charge in [-0.25, -0.2) is 9.78 Å². The highest BCUT2D eigenvalue weighted by Crippen LogP contribution is 2.34. The fourth-order valence-corrected chi connectivity index (χ4v) is 6.37. The molecule has 32 heavy (non-hydrogen) atoms. The predicted octanol–water partition coefficient (Wildman–Crippen LogP) is 4.13. The minimum absolute atomic E-state index is 0.00736. The van der Waals surface area contributed by atoms with E-state index in [9.17, 15) is 9.59 Å². The second kappa shape index (κ2) is 9.92. The van der Waals surface area contributed by atoms with Crippen molar-refractivity contribution in [2.24, 2.45) is 0 Å². The standard InChI is InChI=1S/C24H28N4O2S2/c1-4-14-28-23(30)21-18-8-7-9-19(18)32-22(21)26-24(28)31-15-20(29)25-16-10-12-17(13-11-16)27(5-2)6-3/h4,10-13H,1,5-9,14-15H2,2-3H3,(H,25,29)/p+1. The molecule has 168 valence electrons. The molecule has 2 heterocycles. The lowest BCUT2D eigenvalue weighted by Crippen LogP contribution is -2.30. The second-order valence-electron chi connectivity index (χ2n) is 7.75. The van der Waals surface area contributed by atoms with Crippen LogP contribution in [0.25, 0.3) is 10.2 Å². The third-order valence-corrected chi connectivity index (χ3v) is 7.99. The molecule has 0 bridgehead atoms. The van der Waals surface area contributed by atoms with E-state index in [4.69, 9.17) is 0 Å². The van der Waals surface area contributed by atoms with Crippen molar-refractivity contribution in [3.8, 4) is 0 Å². The van der Waals surface area contributed by atoms with Gasteiger partial charge in [0, 0.05) is 29.3 Å². The molecule has 6 nitrogen and oxygen atoms in total. The van der Waals surface area contributed by atoms with Gasteiger partial charge in [-0.1, -0.05) is 24.0 Å². The molecule has 1 aliphatic carbocycles. The van der Waals surface area contributed by atoms with Crippen molar-refractivity contribution in [2.45, 2.75) is 44.8 Å². The van der Waals surface area contributed by atoms with Gasteiger partial charge in [0.1, 0.15) is 11.9 Å². The average molecular weight is 470 g/mol. The lowest BCUT2D eigenvalue weighted by molar-refractivity contribution is -0.404. The Balaban J connectivity index is 1.49. The van der Waals surface area contributed by atoms with Crippen molar-refractivity contribution in [1.82, 2.24) is 4.57 Å². The summed E-state index contributed by atoms with van der Waals surface area (Å²) < 4.78 is 1.69. The molecule has 0 fully saturated rings. The molecule has 8 heteroatoms. The highest BCUT2D eigenvalue weighted by Gasteiger charge is 2.27. The maximum absolute atomic E-state index is 13.2. The topological polar surface area (TPSA) is 68.5 Å². The lowest BCUT2D eigenvalue weighted by Gasteiger charge is -2.21. The van der Waals surface area contributed by atoms with Crippen LogP contribution in [0.1, 0.15) is 30.7 Å². The molecular formula is C24H29N4O2S2+. The number of thiophene rings is 1. The quantitative estimate of drug-likeness (QED) is 0.291. The van der Waals surface area contributed by atoms with Crippen LogP contribution in [0.2, 0.25) is 0 Å². The van der Waals surface area contributed by atoms with Crippen LogP contribution < -0.4 is 20.8 Å². The molecule has 1 aliphatic rings. The number of nitrogens with zero attached hydrogens (tertiary/aromatic N) is 2. The number of rotatable bonds is 9. The Bertz CT molecular complexity index is 1190. The van der Waals surface area contributed by atoms with Gasteiger partial charge in [0.2, 0.25) is 5.91 Å². The first-order valence-corrected chi connectivity index (χ1v) is 12.8. The second-order valence-corrected chi connectivity index (χ2v) is 9.82. The molecule has 0 saturated heterocycles. The molecule has 0 saturated carbocycles. The molecule has 1 aromatic carbocycles. The van der Waals surface area contributed by atoms with Crippen LogP contribution in [0.15, 0.2) is 46.9 Å². The van der Waals surface area contributed by atoms with Crippen LogP contribution in [0, 0.1) is 0 Å². The van der Waals surface area contributed by atoms with Gasteiger partial charge >= 0.3 is 10.7 Å². The molecule has 2 N–H and O–H groups in total. The van der Waals surface area contributed by atoms with Gasteiger partial charge < -0.3 is 10.2 Å². The van der Waals surface area contributed by atoms with Crippen molar-refractivity contribution >= 4 is 50.6 Å². The van der Waals surface area contributed by atoms with E-state index in [1.54, 1.807) is 22.0 Å². The van der Waals surface area contributed by atoms with E-state index >= 15 is 0 Å². The summed E-state index contributed by atoms with van der Waals surface area (Å²) in [5, 5.41) is 4.45. The number of amides is 1. The number of allylic oxidation sites excluding steroid dienone is 1. The van der Waals surface area contributed by atoms with E-state index in [-0.39, 0.29) is 17.2 Å². The molecule has 0 spiro atoms. The van der Waals surface area contributed by atoms with Gasteiger partial charge in [0.15, 0.2) is 4.83 Å². The zero-order valence-corrected chi connectivity index (χ0v) is 20.2. The van der Waals surface area contributed by atoms with E-state index in [0.717, 1.165) is 53.9 Å². The number of carbonyl (C=O) groups excluding carboxylic acids is 1. The van der Waals surface area contributed by atoms with E-state index in [2.05, 4.69) is 35.6 Å². The van der Waals surface area contributed by atoms with Gasteiger partial charge in [-0.05, 0) is 74.7 Å². The smallest absolute Gasteiger partial charge is 0.347 e. The minimum Gasteiger partial charge on any atom is -0.372 e. The Kier molecular flexibility index (Phi) is 7.01. The molecular weight excluding hydrogens is 440 g/mol. The fourth-order valence-electron chi connectivity index (χ4n) is 4.19. The molecule has 3 aromatic rings. The van der Waals surface area contributed by atoms with Crippen molar-refractivity contribution in [3.63, 3.8) is 0 Å². The third-order valence-electron chi connectivity index (χ3n) is 5.78. The number of H-pyrrole nitrogens is 1. The number of thioether (sulfide) groups is 1. The monoisotopic (exact) mass is 469 g/mol. The van der Waals surface area contributed by atoms with Crippen LogP contribution in [0.3, 0.4) is 0 Å². The van der Waals surface area contributed by atoms with Crippen LogP contribution >= 0.6 is 23.1 Å². The number of fused-ring (bicyclic) bond motifs is 3. The van der Waals surface area contributed by atoms with Gasteiger partial charge in [0.05, 0.1) is 5.75 Å². The van der Waals surface area contributed by atoms with Crippen LogP contribution in [0.4, 0.5) is 11.4 Å². The molecule has 1 amide bonds. The first-order valence-electron chi connectivity index (χ1n) is 11.0. The molecule has 4 rings (SSSR count). The highest BCUT2D eigenvalue weighted by molar-refractivity contribution is 7.99. The molecule has 0 aliphatic heterocycles. The van der Waals surface area contributed by atoms with E-state index in [0.29, 0.717) is 11.7 Å². The SMILES string of the molecule is C=CCn1c(SCC(=O)Nc2ccc(N(CC)CC)cc2)[nH+]c2sc3c(c2c1=O)CCC3. The Morgan fingerprint density at radius 1 is 1.28 bits per heavy atom.